The average molecular weight is 332 g/mol. The molecule has 1 fully saturated rings. The lowest BCUT2D eigenvalue weighted by atomic mass is 9.94. The van der Waals surface area contributed by atoms with E-state index in [1.54, 1.807) is 0 Å². The Labute approximate surface area is 145 Å². The van der Waals surface area contributed by atoms with Crippen LogP contribution in [0, 0.1) is 18.3 Å². The number of aromatic nitrogens is 3. The van der Waals surface area contributed by atoms with Gasteiger partial charge in [-0.3, -0.25) is 9.89 Å². The Morgan fingerprint density at radius 1 is 1.36 bits per heavy atom. The number of fused-ring (bicyclic) bond motifs is 1. The van der Waals surface area contributed by atoms with Gasteiger partial charge in [-0.2, -0.15) is 5.26 Å². The highest BCUT2D eigenvalue weighted by atomic mass is 16.1. The van der Waals surface area contributed by atoms with Crippen LogP contribution in [0.1, 0.15) is 60.8 Å². The standard InChI is InChI=1S/C20H20N4O/c1-11(2)17-18(14-5-4-12(3)16(8-14)13-6-7-13)23-19-15(9-21)10-22-24(19)20(17)25/h4-5,8,10-11,13,22H,6-7H2,1-3H3. The summed E-state index contributed by atoms with van der Waals surface area (Å²) >= 11 is 0. The first-order valence-corrected chi connectivity index (χ1v) is 8.66. The fourth-order valence-corrected chi connectivity index (χ4v) is 3.47. The first kappa shape index (κ1) is 15.6. The van der Waals surface area contributed by atoms with E-state index in [1.165, 1.54) is 34.7 Å². The highest BCUT2D eigenvalue weighted by molar-refractivity contribution is 5.69. The van der Waals surface area contributed by atoms with Gasteiger partial charge in [0.2, 0.25) is 0 Å². The maximum Gasteiger partial charge on any atom is 0.276 e. The number of aryl methyl sites for hydroxylation is 1. The van der Waals surface area contributed by atoms with Crippen LogP contribution in [-0.2, 0) is 0 Å². The third-order valence-corrected chi connectivity index (χ3v) is 4.96. The summed E-state index contributed by atoms with van der Waals surface area (Å²) in [5.74, 6) is 0.667. The molecule has 1 saturated carbocycles. The van der Waals surface area contributed by atoms with E-state index >= 15 is 0 Å². The predicted molar refractivity (Wildman–Crippen MR) is 96.8 cm³/mol. The van der Waals surface area contributed by atoms with Crippen LogP contribution in [0.3, 0.4) is 0 Å². The lowest BCUT2D eigenvalue weighted by Crippen LogP contribution is -2.22. The lowest BCUT2D eigenvalue weighted by Gasteiger charge is -2.14. The van der Waals surface area contributed by atoms with Gasteiger partial charge in [-0.1, -0.05) is 26.0 Å². The van der Waals surface area contributed by atoms with E-state index in [4.69, 9.17) is 4.98 Å². The van der Waals surface area contributed by atoms with Gasteiger partial charge in [0.05, 0.1) is 5.69 Å². The Morgan fingerprint density at radius 3 is 2.76 bits per heavy atom. The molecule has 0 bridgehead atoms. The van der Waals surface area contributed by atoms with Crippen molar-refractivity contribution in [1.29, 1.82) is 5.26 Å². The van der Waals surface area contributed by atoms with Crippen molar-refractivity contribution in [2.45, 2.75) is 45.4 Å². The van der Waals surface area contributed by atoms with E-state index in [2.05, 4.69) is 30.2 Å². The van der Waals surface area contributed by atoms with Crippen LogP contribution < -0.4 is 5.56 Å². The normalized spacial score (nSPS) is 14.2. The Hall–Kier alpha value is -2.87. The minimum absolute atomic E-state index is 0.0337. The van der Waals surface area contributed by atoms with E-state index in [9.17, 15) is 10.1 Å². The maximum absolute atomic E-state index is 13.0. The molecule has 2 aromatic heterocycles. The summed E-state index contributed by atoms with van der Waals surface area (Å²) in [4.78, 5) is 17.7. The number of H-pyrrole nitrogens is 1. The fourth-order valence-electron chi connectivity index (χ4n) is 3.47. The molecule has 4 rings (SSSR count). The summed E-state index contributed by atoms with van der Waals surface area (Å²) in [6, 6.07) is 8.42. The topological polar surface area (TPSA) is 73.9 Å². The summed E-state index contributed by atoms with van der Waals surface area (Å²) in [5, 5.41) is 12.1. The molecule has 0 aliphatic heterocycles. The Kier molecular flexibility index (Phi) is 3.50. The van der Waals surface area contributed by atoms with E-state index in [0.29, 0.717) is 28.4 Å². The van der Waals surface area contributed by atoms with Crippen LogP contribution in [0.4, 0.5) is 0 Å². The molecule has 1 aromatic carbocycles. The summed E-state index contributed by atoms with van der Waals surface area (Å²) in [5.41, 5.74) is 5.60. The maximum atomic E-state index is 13.0. The number of nitrogens with one attached hydrogen (secondary N) is 1. The van der Waals surface area contributed by atoms with Crippen molar-refractivity contribution in [1.82, 2.24) is 14.6 Å². The molecule has 25 heavy (non-hydrogen) atoms. The number of rotatable bonds is 3. The molecule has 5 heteroatoms. The predicted octanol–water partition coefficient (Wildman–Crippen LogP) is 3.87. The molecule has 0 amide bonds. The summed E-state index contributed by atoms with van der Waals surface area (Å²) in [6.45, 7) is 6.13. The van der Waals surface area contributed by atoms with Crippen molar-refractivity contribution < 1.29 is 0 Å². The van der Waals surface area contributed by atoms with Crippen molar-refractivity contribution in [3.63, 3.8) is 0 Å². The van der Waals surface area contributed by atoms with Gasteiger partial charge in [0.25, 0.3) is 5.56 Å². The minimum Gasteiger partial charge on any atom is -0.295 e. The quantitative estimate of drug-likeness (QED) is 0.791. The van der Waals surface area contributed by atoms with E-state index < -0.39 is 0 Å². The van der Waals surface area contributed by atoms with Crippen molar-refractivity contribution in [3.8, 4) is 17.3 Å². The number of benzene rings is 1. The Bertz CT molecular complexity index is 1080. The van der Waals surface area contributed by atoms with E-state index in [-0.39, 0.29) is 11.5 Å². The largest absolute Gasteiger partial charge is 0.295 e. The van der Waals surface area contributed by atoms with Crippen LogP contribution in [0.2, 0.25) is 0 Å². The summed E-state index contributed by atoms with van der Waals surface area (Å²) in [7, 11) is 0. The van der Waals surface area contributed by atoms with Crippen molar-refractivity contribution in [2.75, 3.05) is 0 Å². The second-order valence-corrected chi connectivity index (χ2v) is 7.14. The molecule has 0 atom stereocenters. The van der Waals surface area contributed by atoms with Gasteiger partial charge in [0, 0.05) is 17.3 Å². The van der Waals surface area contributed by atoms with E-state index in [0.717, 1.165) is 5.56 Å². The number of aromatic amines is 1. The zero-order valence-corrected chi connectivity index (χ0v) is 14.6. The molecule has 0 unspecified atom stereocenters. The fraction of sp³-hybridized carbons (Fsp3) is 0.350. The third kappa shape index (κ3) is 2.45. The monoisotopic (exact) mass is 332 g/mol. The molecule has 0 radical (unpaired) electrons. The highest BCUT2D eigenvalue weighted by Gasteiger charge is 2.26. The molecular formula is C20H20N4O. The molecule has 0 spiro atoms. The summed E-state index contributed by atoms with van der Waals surface area (Å²) < 4.78 is 1.37. The first-order chi connectivity index (χ1) is 12.0. The van der Waals surface area contributed by atoms with Gasteiger partial charge in [-0.25, -0.2) is 9.50 Å². The van der Waals surface area contributed by atoms with Gasteiger partial charge < -0.3 is 0 Å². The Balaban J connectivity index is 2.03. The molecular weight excluding hydrogens is 312 g/mol. The second kappa shape index (κ2) is 5.59. The molecule has 1 aliphatic rings. The average Bonchev–Trinajstić information content (AvgIpc) is 3.34. The van der Waals surface area contributed by atoms with Crippen molar-refractivity contribution in [3.05, 3.63) is 57.0 Å². The van der Waals surface area contributed by atoms with Crippen molar-refractivity contribution >= 4 is 5.65 Å². The second-order valence-electron chi connectivity index (χ2n) is 7.14. The zero-order valence-electron chi connectivity index (χ0n) is 14.6. The van der Waals surface area contributed by atoms with Crippen LogP contribution >= 0.6 is 0 Å². The van der Waals surface area contributed by atoms with Gasteiger partial charge in [-0.15, -0.1) is 0 Å². The molecule has 2 heterocycles. The third-order valence-electron chi connectivity index (χ3n) is 4.96. The molecule has 5 nitrogen and oxygen atoms in total. The highest BCUT2D eigenvalue weighted by Crippen LogP contribution is 2.43. The smallest absolute Gasteiger partial charge is 0.276 e. The number of hydrogen-bond acceptors (Lipinski definition) is 3. The summed E-state index contributed by atoms with van der Waals surface area (Å²) in [6.07, 6.45) is 3.99. The van der Waals surface area contributed by atoms with Crippen molar-refractivity contribution in [2.24, 2.45) is 0 Å². The van der Waals surface area contributed by atoms with Gasteiger partial charge in [-0.05, 0) is 48.8 Å². The molecule has 1 aliphatic carbocycles. The molecule has 1 N–H and O–H groups in total. The number of nitriles is 1. The SMILES string of the molecule is Cc1ccc(-c2nc3c(C#N)c[nH]n3c(=O)c2C(C)C)cc1C1CC1. The molecule has 126 valence electrons. The Morgan fingerprint density at radius 2 is 2.12 bits per heavy atom. The van der Waals surface area contributed by atoms with Crippen LogP contribution in [0.25, 0.3) is 16.9 Å². The van der Waals surface area contributed by atoms with E-state index in [1.807, 2.05) is 19.9 Å². The molecule has 3 aromatic rings. The first-order valence-electron chi connectivity index (χ1n) is 8.66. The van der Waals surface area contributed by atoms with Crippen LogP contribution in [0.5, 0.6) is 0 Å². The van der Waals surface area contributed by atoms with Gasteiger partial charge >= 0.3 is 0 Å². The minimum atomic E-state index is -0.134. The number of nitrogens with zero attached hydrogens (tertiary/aromatic N) is 3. The zero-order chi connectivity index (χ0) is 17.7. The van der Waals surface area contributed by atoms with Gasteiger partial charge in [0.15, 0.2) is 5.65 Å². The lowest BCUT2D eigenvalue weighted by molar-refractivity contribution is 0.797. The van der Waals surface area contributed by atoms with Gasteiger partial charge in [0.1, 0.15) is 11.6 Å². The van der Waals surface area contributed by atoms with Crippen LogP contribution in [-0.4, -0.2) is 14.6 Å². The molecule has 0 saturated heterocycles. The number of hydrogen-bond donors (Lipinski definition) is 1. The van der Waals surface area contributed by atoms with Crippen LogP contribution in [0.15, 0.2) is 29.2 Å².